The molecule has 1 aliphatic carbocycles. The normalized spacial score (nSPS) is 23.0. The molecule has 10 heteroatoms. The molecule has 0 unspecified atom stereocenters. The van der Waals surface area contributed by atoms with E-state index in [4.69, 9.17) is 4.74 Å². The average Bonchev–Trinajstić information content (AvgIpc) is 3.37. The Balaban J connectivity index is 1.28. The van der Waals surface area contributed by atoms with Crippen molar-refractivity contribution in [2.45, 2.75) is 33.1 Å². The zero-order valence-corrected chi connectivity index (χ0v) is 20.4. The molecule has 0 saturated carbocycles. The minimum Gasteiger partial charge on any atom is -0.426 e. The third-order valence-corrected chi connectivity index (χ3v) is 7.29. The van der Waals surface area contributed by atoms with E-state index in [0.29, 0.717) is 35.3 Å². The maximum absolute atomic E-state index is 12.9. The molecule has 3 amide bonds. The first-order valence-electron chi connectivity index (χ1n) is 12.1. The summed E-state index contributed by atoms with van der Waals surface area (Å²) < 4.78 is 5.53. The van der Waals surface area contributed by atoms with E-state index >= 15 is 0 Å². The summed E-state index contributed by atoms with van der Waals surface area (Å²) in [6.45, 7) is 3.39. The number of rotatable bonds is 5. The van der Waals surface area contributed by atoms with Crippen molar-refractivity contribution in [2.75, 3.05) is 16.3 Å². The number of benzene rings is 2. The average molecular weight is 504 g/mol. The first-order valence-corrected chi connectivity index (χ1v) is 12.1. The number of carbonyl (C=O) groups excluding carboxylic acids is 4. The smallest absolute Gasteiger partial charge is 0.316 e. The van der Waals surface area contributed by atoms with Gasteiger partial charge in [0.25, 0.3) is 5.69 Å². The van der Waals surface area contributed by atoms with Crippen LogP contribution in [-0.4, -0.2) is 35.2 Å². The van der Waals surface area contributed by atoms with Gasteiger partial charge in [-0.05, 0) is 56.5 Å². The molecule has 0 spiro atoms. The Morgan fingerprint density at radius 2 is 1.65 bits per heavy atom. The lowest BCUT2D eigenvalue weighted by Gasteiger charge is -2.19. The Morgan fingerprint density at radius 1 is 0.973 bits per heavy atom. The highest BCUT2D eigenvalue weighted by Crippen LogP contribution is 2.39. The second-order valence-electron chi connectivity index (χ2n) is 9.67. The second-order valence-corrected chi connectivity index (χ2v) is 9.67. The van der Waals surface area contributed by atoms with Crippen molar-refractivity contribution in [1.29, 1.82) is 0 Å². The van der Waals surface area contributed by atoms with Crippen LogP contribution in [0.2, 0.25) is 0 Å². The van der Waals surface area contributed by atoms with E-state index in [9.17, 15) is 29.3 Å². The number of allylic oxidation sites excluding steroid dienone is 2. The molecule has 0 N–H and O–H groups in total. The van der Waals surface area contributed by atoms with Crippen LogP contribution < -0.4 is 14.5 Å². The molecule has 0 aromatic heterocycles. The number of esters is 1. The molecule has 2 saturated heterocycles. The van der Waals surface area contributed by atoms with E-state index < -0.39 is 16.8 Å². The van der Waals surface area contributed by atoms with Gasteiger partial charge < -0.3 is 9.64 Å². The van der Waals surface area contributed by atoms with Gasteiger partial charge in [0.2, 0.25) is 17.7 Å². The molecule has 2 aromatic carbocycles. The van der Waals surface area contributed by atoms with Crippen molar-refractivity contribution >= 4 is 40.8 Å². The third-order valence-electron chi connectivity index (χ3n) is 7.29. The Kier molecular flexibility index (Phi) is 6.10. The summed E-state index contributed by atoms with van der Waals surface area (Å²) in [7, 11) is 0. The maximum atomic E-state index is 12.9. The molecule has 3 aliphatic rings. The summed E-state index contributed by atoms with van der Waals surface area (Å²) in [5.41, 5.74) is 1.80. The van der Waals surface area contributed by atoms with Gasteiger partial charge in [0.15, 0.2) is 0 Å². The molecule has 190 valence electrons. The highest BCUT2D eigenvalue weighted by atomic mass is 16.6. The zero-order chi connectivity index (χ0) is 26.4. The van der Waals surface area contributed by atoms with Crippen molar-refractivity contribution in [3.63, 3.8) is 0 Å². The first-order chi connectivity index (χ1) is 17.7. The van der Waals surface area contributed by atoms with Crippen molar-refractivity contribution in [2.24, 2.45) is 17.8 Å². The van der Waals surface area contributed by atoms with Crippen LogP contribution in [0.3, 0.4) is 0 Å². The molecular weight excluding hydrogens is 478 g/mol. The SMILES string of the molecule is Cc1cc(OC(=O)[C@H]2CC(=O)N(c3ccc(C)c([N+](=O)[O-])c3)C2)ccc1N1C(=O)[C@H]2CC=CC[C@H]2C1=O. The predicted octanol–water partition coefficient (Wildman–Crippen LogP) is 3.63. The van der Waals surface area contributed by atoms with Gasteiger partial charge in [-0.15, -0.1) is 0 Å². The van der Waals surface area contributed by atoms with E-state index in [2.05, 4.69) is 0 Å². The van der Waals surface area contributed by atoms with Gasteiger partial charge in [-0.1, -0.05) is 18.2 Å². The van der Waals surface area contributed by atoms with Crippen molar-refractivity contribution < 1.29 is 28.8 Å². The standard InChI is InChI=1S/C27H25N3O7/c1-15-7-8-18(13-23(15)30(35)36)28-14-17(12-24(28)31)27(34)37-19-9-10-22(16(2)11-19)29-25(32)20-5-3-4-6-21(20)26(29)33/h3-4,7-11,13,17,20-21H,5-6,12,14H2,1-2H3/t17-,20-,21+/m0/s1. The monoisotopic (exact) mass is 503 g/mol. The van der Waals surface area contributed by atoms with E-state index in [1.165, 1.54) is 21.9 Å². The summed E-state index contributed by atoms with van der Waals surface area (Å²) in [5, 5.41) is 11.3. The van der Waals surface area contributed by atoms with E-state index in [1.807, 2.05) is 12.2 Å². The molecule has 0 radical (unpaired) electrons. The van der Waals surface area contributed by atoms with Crippen LogP contribution >= 0.6 is 0 Å². The van der Waals surface area contributed by atoms with Crippen LogP contribution in [0.25, 0.3) is 0 Å². The van der Waals surface area contributed by atoms with Crippen LogP contribution in [0.5, 0.6) is 5.75 Å². The summed E-state index contributed by atoms with van der Waals surface area (Å²) >= 11 is 0. The molecular formula is C27H25N3O7. The molecule has 5 rings (SSSR count). The number of nitro benzene ring substituents is 1. The Labute approximate surface area is 212 Å². The van der Waals surface area contributed by atoms with Gasteiger partial charge >= 0.3 is 5.97 Å². The molecule has 10 nitrogen and oxygen atoms in total. The van der Waals surface area contributed by atoms with Crippen LogP contribution in [0.15, 0.2) is 48.6 Å². The number of amides is 3. The van der Waals surface area contributed by atoms with Crippen molar-refractivity contribution in [3.05, 3.63) is 69.8 Å². The predicted molar refractivity (Wildman–Crippen MR) is 133 cm³/mol. The van der Waals surface area contributed by atoms with Crippen LogP contribution in [0, 0.1) is 41.7 Å². The fourth-order valence-corrected chi connectivity index (χ4v) is 5.26. The number of nitrogens with zero attached hydrogens (tertiary/aromatic N) is 3. The lowest BCUT2D eigenvalue weighted by atomic mass is 9.85. The first kappa shape index (κ1) is 24.4. The quantitative estimate of drug-likeness (QED) is 0.152. The Morgan fingerprint density at radius 3 is 2.27 bits per heavy atom. The van der Waals surface area contributed by atoms with E-state index in [0.717, 1.165) is 0 Å². The van der Waals surface area contributed by atoms with Gasteiger partial charge in [-0.3, -0.25) is 29.3 Å². The number of aryl methyl sites for hydroxylation is 2. The van der Waals surface area contributed by atoms with E-state index in [-0.39, 0.29) is 54.0 Å². The van der Waals surface area contributed by atoms with Crippen LogP contribution in [0.4, 0.5) is 17.1 Å². The van der Waals surface area contributed by atoms with E-state index in [1.54, 1.807) is 38.1 Å². The number of anilines is 2. The molecule has 2 heterocycles. The third kappa shape index (κ3) is 4.28. The number of fused-ring (bicyclic) bond motifs is 1. The van der Waals surface area contributed by atoms with Gasteiger partial charge in [0.1, 0.15) is 5.75 Å². The van der Waals surface area contributed by atoms with Gasteiger partial charge in [0.05, 0.1) is 34.1 Å². The summed E-state index contributed by atoms with van der Waals surface area (Å²) in [6, 6.07) is 9.22. The molecule has 2 fully saturated rings. The topological polar surface area (TPSA) is 127 Å². The molecule has 37 heavy (non-hydrogen) atoms. The lowest BCUT2D eigenvalue weighted by Crippen LogP contribution is -2.31. The van der Waals surface area contributed by atoms with Gasteiger partial charge in [0, 0.05) is 24.6 Å². The fraction of sp³-hybridized carbons (Fsp3) is 0.333. The van der Waals surface area contributed by atoms with Crippen LogP contribution in [0.1, 0.15) is 30.4 Å². The number of hydrogen-bond donors (Lipinski definition) is 0. The number of carbonyl (C=O) groups is 4. The minimum absolute atomic E-state index is 0.0442. The Hall–Kier alpha value is -4.34. The number of imide groups is 1. The lowest BCUT2D eigenvalue weighted by molar-refractivity contribution is -0.385. The summed E-state index contributed by atoms with van der Waals surface area (Å²) in [5.74, 6) is -2.55. The zero-order valence-electron chi connectivity index (χ0n) is 20.4. The highest BCUT2D eigenvalue weighted by Gasteiger charge is 2.48. The largest absolute Gasteiger partial charge is 0.426 e. The molecule has 3 atom stereocenters. The van der Waals surface area contributed by atoms with Crippen molar-refractivity contribution in [1.82, 2.24) is 0 Å². The van der Waals surface area contributed by atoms with Gasteiger partial charge in [-0.2, -0.15) is 0 Å². The summed E-state index contributed by atoms with van der Waals surface area (Å²) in [6.07, 6.45) is 4.88. The number of hydrogen-bond acceptors (Lipinski definition) is 7. The Bertz CT molecular complexity index is 1360. The highest BCUT2D eigenvalue weighted by molar-refractivity contribution is 6.22. The fourth-order valence-electron chi connectivity index (χ4n) is 5.26. The summed E-state index contributed by atoms with van der Waals surface area (Å²) in [4.78, 5) is 64.6. The molecule has 0 bridgehead atoms. The number of nitro groups is 1. The second kappa shape index (κ2) is 9.27. The van der Waals surface area contributed by atoms with Crippen molar-refractivity contribution in [3.8, 4) is 5.75 Å². The number of ether oxygens (including phenoxy) is 1. The molecule has 2 aromatic rings. The van der Waals surface area contributed by atoms with Crippen LogP contribution in [-0.2, 0) is 19.2 Å². The minimum atomic E-state index is -0.745. The maximum Gasteiger partial charge on any atom is 0.316 e. The molecule has 2 aliphatic heterocycles. The van der Waals surface area contributed by atoms with Gasteiger partial charge in [-0.25, -0.2) is 4.90 Å².